The van der Waals surface area contributed by atoms with Gasteiger partial charge in [0.05, 0.1) is 12.0 Å². The molecule has 0 aliphatic carbocycles. The van der Waals surface area contributed by atoms with Crippen LogP contribution in [0.2, 0.25) is 0 Å². The molecule has 1 aromatic heterocycles. The maximum atomic E-state index is 13.0. The van der Waals surface area contributed by atoms with Crippen molar-refractivity contribution in [1.29, 1.82) is 0 Å². The van der Waals surface area contributed by atoms with E-state index in [1.165, 1.54) is 6.07 Å². The molecule has 19 heavy (non-hydrogen) atoms. The number of aromatic nitrogens is 2. The topological polar surface area (TPSA) is 29.9 Å². The predicted octanol–water partition coefficient (Wildman–Crippen LogP) is 2.88. The van der Waals surface area contributed by atoms with Crippen LogP contribution >= 0.6 is 0 Å². The number of rotatable bonds is 6. The maximum absolute atomic E-state index is 13.0. The van der Waals surface area contributed by atoms with Crippen molar-refractivity contribution in [3.63, 3.8) is 0 Å². The highest BCUT2D eigenvalue weighted by Gasteiger charge is 2.03. The van der Waals surface area contributed by atoms with Gasteiger partial charge in [-0.05, 0) is 43.1 Å². The Morgan fingerprint density at radius 2 is 2.21 bits per heavy atom. The van der Waals surface area contributed by atoms with Crippen LogP contribution in [0.4, 0.5) is 4.39 Å². The molecular weight excluding hydrogens is 241 g/mol. The average molecular weight is 261 g/mol. The lowest BCUT2D eigenvalue weighted by Gasteiger charge is -2.06. The van der Waals surface area contributed by atoms with Crippen molar-refractivity contribution in [1.82, 2.24) is 14.9 Å². The largest absolute Gasteiger partial charge is 0.333 e. The second-order valence-electron chi connectivity index (χ2n) is 4.78. The highest BCUT2D eigenvalue weighted by Crippen LogP contribution is 2.12. The van der Waals surface area contributed by atoms with Gasteiger partial charge in [0, 0.05) is 19.3 Å². The Hall–Kier alpha value is -1.68. The van der Waals surface area contributed by atoms with E-state index in [-0.39, 0.29) is 5.82 Å². The summed E-state index contributed by atoms with van der Waals surface area (Å²) in [5, 5.41) is 3.32. The number of aryl methyl sites for hydroxylation is 1. The van der Waals surface area contributed by atoms with Crippen molar-refractivity contribution >= 4 is 0 Å². The van der Waals surface area contributed by atoms with Gasteiger partial charge in [-0.3, -0.25) is 0 Å². The van der Waals surface area contributed by atoms with Gasteiger partial charge in [-0.25, -0.2) is 9.37 Å². The lowest BCUT2D eigenvalue weighted by Crippen LogP contribution is -2.13. The Balaban J connectivity index is 1.99. The molecule has 0 atom stereocenters. The minimum atomic E-state index is -0.184. The molecule has 1 N–H and O–H groups in total. The first-order valence-corrected chi connectivity index (χ1v) is 6.65. The quantitative estimate of drug-likeness (QED) is 0.810. The smallest absolute Gasteiger partial charge is 0.123 e. The van der Waals surface area contributed by atoms with Crippen LogP contribution in [0.15, 0.2) is 30.7 Å². The van der Waals surface area contributed by atoms with Gasteiger partial charge in [0.1, 0.15) is 5.82 Å². The molecule has 0 spiro atoms. The zero-order valence-corrected chi connectivity index (χ0v) is 11.5. The maximum Gasteiger partial charge on any atom is 0.123 e. The van der Waals surface area contributed by atoms with Crippen LogP contribution in [0.3, 0.4) is 0 Å². The van der Waals surface area contributed by atoms with Crippen LogP contribution in [0.25, 0.3) is 0 Å². The third-order valence-corrected chi connectivity index (χ3v) is 3.08. The first-order valence-electron chi connectivity index (χ1n) is 6.65. The zero-order chi connectivity index (χ0) is 13.7. The van der Waals surface area contributed by atoms with Crippen molar-refractivity contribution in [2.24, 2.45) is 0 Å². The first kappa shape index (κ1) is 13.7. The molecule has 2 aromatic rings. The summed E-state index contributed by atoms with van der Waals surface area (Å²) in [4.78, 5) is 4.36. The molecule has 0 radical (unpaired) electrons. The number of benzene rings is 1. The van der Waals surface area contributed by atoms with Crippen LogP contribution in [0, 0.1) is 12.7 Å². The molecule has 1 heterocycles. The van der Waals surface area contributed by atoms with Crippen LogP contribution in [-0.4, -0.2) is 16.1 Å². The normalized spacial score (nSPS) is 10.9. The van der Waals surface area contributed by atoms with Crippen molar-refractivity contribution < 1.29 is 4.39 Å². The highest BCUT2D eigenvalue weighted by atomic mass is 19.1. The Kier molecular flexibility index (Phi) is 4.68. The van der Waals surface area contributed by atoms with Crippen LogP contribution in [0.5, 0.6) is 0 Å². The number of halogens is 1. The molecular formula is C15H20FN3. The minimum absolute atomic E-state index is 0.184. The van der Waals surface area contributed by atoms with Crippen LogP contribution in [-0.2, 0) is 13.1 Å². The number of hydrogen-bond donors (Lipinski definition) is 1. The Morgan fingerprint density at radius 3 is 2.95 bits per heavy atom. The van der Waals surface area contributed by atoms with E-state index in [2.05, 4.69) is 17.2 Å². The molecule has 2 rings (SSSR count). The molecule has 3 nitrogen and oxygen atoms in total. The molecule has 1 aromatic carbocycles. The highest BCUT2D eigenvalue weighted by molar-refractivity contribution is 5.26. The van der Waals surface area contributed by atoms with Gasteiger partial charge < -0.3 is 9.88 Å². The summed E-state index contributed by atoms with van der Waals surface area (Å²) in [6.07, 6.45) is 4.98. The van der Waals surface area contributed by atoms with Gasteiger partial charge in [0.2, 0.25) is 0 Å². The van der Waals surface area contributed by atoms with E-state index < -0.39 is 0 Å². The van der Waals surface area contributed by atoms with Crippen molar-refractivity contribution in [2.45, 2.75) is 33.4 Å². The third kappa shape index (κ3) is 3.89. The van der Waals surface area contributed by atoms with Gasteiger partial charge in [0.15, 0.2) is 0 Å². The molecule has 0 unspecified atom stereocenters. The molecule has 4 heteroatoms. The Labute approximate surface area is 113 Å². The van der Waals surface area contributed by atoms with E-state index in [1.54, 1.807) is 6.07 Å². The summed E-state index contributed by atoms with van der Waals surface area (Å²) in [6, 6.07) is 4.90. The van der Waals surface area contributed by atoms with Crippen molar-refractivity contribution in [3.05, 3.63) is 53.4 Å². The standard InChI is InChI=1S/C15H20FN3/c1-3-6-17-8-15-10-19(11-18-15)9-13-4-5-14(16)7-12(13)2/h4-5,7,10-11,17H,3,6,8-9H2,1-2H3. The van der Waals surface area contributed by atoms with Gasteiger partial charge in [-0.1, -0.05) is 13.0 Å². The third-order valence-electron chi connectivity index (χ3n) is 3.08. The predicted molar refractivity (Wildman–Crippen MR) is 74.5 cm³/mol. The van der Waals surface area contributed by atoms with E-state index in [1.807, 2.05) is 30.1 Å². The fourth-order valence-corrected chi connectivity index (χ4v) is 2.01. The summed E-state index contributed by atoms with van der Waals surface area (Å²) in [5.74, 6) is -0.184. The second kappa shape index (κ2) is 6.48. The second-order valence-corrected chi connectivity index (χ2v) is 4.78. The van der Waals surface area contributed by atoms with E-state index in [9.17, 15) is 4.39 Å². The Morgan fingerprint density at radius 1 is 1.37 bits per heavy atom. The molecule has 0 bridgehead atoms. The minimum Gasteiger partial charge on any atom is -0.333 e. The summed E-state index contributed by atoms with van der Waals surface area (Å²) < 4.78 is 15.1. The van der Waals surface area contributed by atoms with Gasteiger partial charge >= 0.3 is 0 Å². The van der Waals surface area contributed by atoms with Crippen molar-refractivity contribution in [3.8, 4) is 0 Å². The Bertz CT molecular complexity index is 534. The van der Waals surface area contributed by atoms with E-state index in [4.69, 9.17) is 0 Å². The summed E-state index contributed by atoms with van der Waals surface area (Å²) >= 11 is 0. The van der Waals surface area contributed by atoms with Crippen molar-refractivity contribution in [2.75, 3.05) is 6.54 Å². The number of nitrogens with one attached hydrogen (secondary N) is 1. The van der Waals surface area contributed by atoms with E-state index >= 15 is 0 Å². The molecule has 0 amide bonds. The SMILES string of the molecule is CCCNCc1cn(Cc2ccc(F)cc2C)cn1. The molecule has 0 aliphatic heterocycles. The number of imidazole rings is 1. The number of nitrogens with zero attached hydrogens (tertiary/aromatic N) is 2. The van der Waals surface area contributed by atoms with E-state index in [0.29, 0.717) is 0 Å². The van der Waals surface area contributed by atoms with Gasteiger partial charge in [0.25, 0.3) is 0 Å². The lowest BCUT2D eigenvalue weighted by atomic mass is 10.1. The fourth-order valence-electron chi connectivity index (χ4n) is 2.01. The first-order chi connectivity index (χ1) is 9.19. The van der Waals surface area contributed by atoms with Gasteiger partial charge in [-0.2, -0.15) is 0 Å². The number of hydrogen-bond acceptors (Lipinski definition) is 2. The fraction of sp³-hybridized carbons (Fsp3) is 0.400. The lowest BCUT2D eigenvalue weighted by molar-refractivity contribution is 0.624. The monoisotopic (exact) mass is 261 g/mol. The molecule has 0 aliphatic rings. The molecule has 102 valence electrons. The molecule has 0 saturated heterocycles. The molecule has 0 saturated carbocycles. The summed E-state index contributed by atoms with van der Waals surface area (Å²) in [5.41, 5.74) is 3.12. The molecule has 0 fully saturated rings. The van der Waals surface area contributed by atoms with E-state index in [0.717, 1.165) is 42.9 Å². The summed E-state index contributed by atoms with van der Waals surface area (Å²) in [6.45, 7) is 6.60. The van der Waals surface area contributed by atoms with Crippen LogP contribution < -0.4 is 5.32 Å². The average Bonchev–Trinajstić information content (AvgIpc) is 2.81. The summed E-state index contributed by atoms with van der Waals surface area (Å²) in [7, 11) is 0. The van der Waals surface area contributed by atoms with Crippen LogP contribution in [0.1, 0.15) is 30.2 Å². The van der Waals surface area contributed by atoms with Gasteiger partial charge in [-0.15, -0.1) is 0 Å². The zero-order valence-electron chi connectivity index (χ0n) is 11.5.